The molecule has 5 heteroatoms. The molecule has 0 bridgehead atoms. The minimum Gasteiger partial charge on any atom is -0.493 e. The van der Waals surface area contributed by atoms with E-state index in [-0.39, 0.29) is 11.9 Å². The van der Waals surface area contributed by atoms with Crippen molar-refractivity contribution in [2.45, 2.75) is 6.10 Å². The molecule has 0 spiro atoms. The Morgan fingerprint density at radius 2 is 1.84 bits per heavy atom. The fourth-order valence-electron chi connectivity index (χ4n) is 2.29. The molecule has 0 radical (unpaired) electrons. The van der Waals surface area contributed by atoms with E-state index in [1.807, 2.05) is 12.1 Å². The molecule has 5 nitrogen and oxygen atoms in total. The normalized spacial score (nSPS) is 15.8. The van der Waals surface area contributed by atoms with Crippen LogP contribution in [0.15, 0.2) is 48.5 Å². The zero-order valence-electron chi connectivity index (χ0n) is 14.2. The van der Waals surface area contributed by atoms with Crippen LogP contribution < -0.4 is 14.2 Å². The van der Waals surface area contributed by atoms with Gasteiger partial charge in [0.2, 0.25) is 0 Å². The van der Waals surface area contributed by atoms with Crippen LogP contribution in [0.2, 0.25) is 0 Å². The third-order valence-corrected chi connectivity index (χ3v) is 3.81. The van der Waals surface area contributed by atoms with Gasteiger partial charge >= 0.3 is 0 Å². The van der Waals surface area contributed by atoms with Crippen LogP contribution in [0.3, 0.4) is 0 Å². The molecule has 1 aliphatic rings. The molecule has 0 amide bonds. The first kappa shape index (κ1) is 17.0. The van der Waals surface area contributed by atoms with E-state index >= 15 is 0 Å². The summed E-state index contributed by atoms with van der Waals surface area (Å²) in [6.07, 6.45) is 3.50. The fraction of sp³-hybridized carbons (Fsp3) is 0.250. The number of carbonyl (C=O) groups is 1. The Morgan fingerprint density at radius 1 is 1.12 bits per heavy atom. The Morgan fingerprint density at radius 3 is 2.48 bits per heavy atom. The second-order valence-electron chi connectivity index (χ2n) is 5.60. The summed E-state index contributed by atoms with van der Waals surface area (Å²) in [5.41, 5.74) is 1.46. The Labute approximate surface area is 146 Å². The quantitative estimate of drug-likeness (QED) is 0.419. The van der Waals surface area contributed by atoms with Crippen LogP contribution in [-0.2, 0) is 4.74 Å². The minimum absolute atomic E-state index is 0.0770. The molecule has 0 saturated carbocycles. The van der Waals surface area contributed by atoms with E-state index in [1.54, 1.807) is 50.6 Å². The molecule has 0 aromatic heterocycles. The van der Waals surface area contributed by atoms with E-state index < -0.39 is 0 Å². The number of benzene rings is 2. The van der Waals surface area contributed by atoms with E-state index in [1.165, 1.54) is 6.08 Å². The topological polar surface area (TPSA) is 57.3 Å². The third kappa shape index (κ3) is 4.61. The smallest absolute Gasteiger partial charge is 0.185 e. The number of epoxide rings is 1. The van der Waals surface area contributed by atoms with Gasteiger partial charge in [0.05, 0.1) is 20.8 Å². The number of hydrogen-bond donors (Lipinski definition) is 0. The molecule has 1 unspecified atom stereocenters. The summed E-state index contributed by atoms with van der Waals surface area (Å²) in [5.74, 6) is 1.93. The minimum atomic E-state index is -0.0770. The van der Waals surface area contributed by atoms with Crippen LogP contribution in [0.4, 0.5) is 0 Å². The lowest BCUT2D eigenvalue weighted by atomic mass is 10.1. The van der Waals surface area contributed by atoms with Crippen molar-refractivity contribution in [1.29, 1.82) is 0 Å². The van der Waals surface area contributed by atoms with Gasteiger partial charge in [-0.15, -0.1) is 0 Å². The molecule has 0 N–H and O–H groups in total. The average molecular weight is 340 g/mol. The highest BCUT2D eigenvalue weighted by atomic mass is 16.6. The average Bonchev–Trinajstić information content (AvgIpc) is 3.49. The van der Waals surface area contributed by atoms with Gasteiger partial charge in [-0.2, -0.15) is 0 Å². The van der Waals surface area contributed by atoms with E-state index in [0.29, 0.717) is 23.7 Å². The Bertz CT molecular complexity index is 760. The predicted octanol–water partition coefficient (Wildman–Crippen LogP) is 3.38. The maximum atomic E-state index is 12.3. The monoisotopic (exact) mass is 340 g/mol. The molecular weight excluding hydrogens is 320 g/mol. The van der Waals surface area contributed by atoms with Crippen molar-refractivity contribution in [3.05, 3.63) is 59.7 Å². The summed E-state index contributed by atoms with van der Waals surface area (Å²) < 4.78 is 21.1. The number of hydrogen-bond acceptors (Lipinski definition) is 5. The van der Waals surface area contributed by atoms with Crippen molar-refractivity contribution in [1.82, 2.24) is 0 Å². The van der Waals surface area contributed by atoms with E-state index in [9.17, 15) is 4.79 Å². The van der Waals surface area contributed by atoms with E-state index in [2.05, 4.69) is 0 Å². The maximum absolute atomic E-state index is 12.3. The standard InChI is InChI=1S/C20H20O5/c1-22-19-10-4-14(11-20(19)23-2)3-9-18(21)15-5-7-16(8-6-15)24-12-17-13-25-17/h3-11,17H,12-13H2,1-2H3. The molecule has 1 heterocycles. The number of allylic oxidation sites excluding steroid dienone is 1. The van der Waals surface area contributed by atoms with Crippen LogP contribution in [0, 0.1) is 0 Å². The highest BCUT2D eigenvalue weighted by molar-refractivity contribution is 6.06. The van der Waals surface area contributed by atoms with E-state index in [0.717, 1.165) is 17.9 Å². The van der Waals surface area contributed by atoms with Gasteiger partial charge in [-0.3, -0.25) is 4.79 Å². The highest BCUT2D eigenvalue weighted by Crippen LogP contribution is 2.28. The zero-order valence-corrected chi connectivity index (χ0v) is 14.2. The van der Waals surface area contributed by atoms with Crippen LogP contribution in [0.5, 0.6) is 17.2 Å². The number of carbonyl (C=O) groups excluding carboxylic acids is 1. The van der Waals surface area contributed by atoms with Crippen molar-refractivity contribution in [3.63, 3.8) is 0 Å². The van der Waals surface area contributed by atoms with Crippen LogP contribution in [0.1, 0.15) is 15.9 Å². The number of rotatable bonds is 8. The van der Waals surface area contributed by atoms with Gasteiger partial charge in [-0.1, -0.05) is 12.1 Å². The largest absolute Gasteiger partial charge is 0.493 e. The summed E-state index contributed by atoms with van der Waals surface area (Å²) in [4.78, 5) is 12.3. The van der Waals surface area contributed by atoms with Gasteiger partial charge in [0, 0.05) is 5.56 Å². The van der Waals surface area contributed by atoms with Crippen LogP contribution in [-0.4, -0.2) is 39.3 Å². The second kappa shape index (κ2) is 7.85. The summed E-state index contributed by atoms with van der Waals surface area (Å²) in [6, 6.07) is 12.6. The molecule has 130 valence electrons. The lowest BCUT2D eigenvalue weighted by molar-refractivity contribution is 0.104. The highest BCUT2D eigenvalue weighted by Gasteiger charge is 2.22. The van der Waals surface area contributed by atoms with Crippen molar-refractivity contribution in [2.24, 2.45) is 0 Å². The zero-order chi connectivity index (χ0) is 17.6. The van der Waals surface area contributed by atoms with Crippen molar-refractivity contribution < 1.29 is 23.7 Å². The molecule has 2 aromatic rings. The summed E-state index contributed by atoms with van der Waals surface area (Å²) in [7, 11) is 3.16. The summed E-state index contributed by atoms with van der Waals surface area (Å²) in [5, 5.41) is 0. The van der Waals surface area contributed by atoms with Gasteiger partial charge in [0.1, 0.15) is 18.5 Å². The molecule has 2 aromatic carbocycles. The predicted molar refractivity (Wildman–Crippen MR) is 94.6 cm³/mol. The van der Waals surface area contributed by atoms with Crippen LogP contribution >= 0.6 is 0 Å². The molecule has 0 aliphatic carbocycles. The molecule has 1 aliphatic heterocycles. The molecule has 3 rings (SSSR count). The lowest BCUT2D eigenvalue weighted by Gasteiger charge is -2.07. The number of methoxy groups -OCH3 is 2. The number of ketones is 1. The van der Waals surface area contributed by atoms with E-state index in [4.69, 9.17) is 18.9 Å². The third-order valence-electron chi connectivity index (χ3n) is 3.81. The molecule has 25 heavy (non-hydrogen) atoms. The maximum Gasteiger partial charge on any atom is 0.185 e. The fourth-order valence-corrected chi connectivity index (χ4v) is 2.29. The Kier molecular flexibility index (Phi) is 5.36. The first-order valence-electron chi connectivity index (χ1n) is 7.98. The molecule has 1 saturated heterocycles. The van der Waals surface area contributed by atoms with Crippen LogP contribution in [0.25, 0.3) is 6.08 Å². The van der Waals surface area contributed by atoms with Gasteiger partial charge in [-0.25, -0.2) is 0 Å². The van der Waals surface area contributed by atoms with Gasteiger partial charge < -0.3 is 18.9 Å². The lowest BCUT2D eigenvalue weighted by Crippen LogP contribution is -2.04. The van der Waals surface area contributed by atoms with Gasteiger partial charge in [-0.05, 0) is 48.0 Å². The Balaban J connectivity index is 1.63. The van der Waals surface area contributed by atoms with Gasteiger partial charge in [0.25, 0.3) is 0 Å². The van der Waals surface area contributed by atoms with Crippen molar-refractivity contribution >= 4 is 11.9 Å². The Hall–Kier alpha value is -2.79. The SMILES string of the molecule is COc1ccc(C=CC(=O)c2ccc(OCC3CO3)cc2)cc1OC. The molecular formula is C20H20O5. The molecule has 1 fully saturated rings. The van der Waals surface area contributed by atoms with Gasteiger partial charge in [0.15, 0.2) is 17.3 Å². The van der Waals surface area contributed by atoms with Crippen molar-refractivity contribution in [2.75, 3.05) is 27.4 Å². The molecule has 1 atom stereocenters. The summed E-state index contributed by atoms with van der Waals surface area (Å²) >= 11 is 0. The second-order valence-corrected chi connectivity index (χ2v) is 5.60. The first-order chi connectivity index (χ1) is 12.2. The van der Waals surface area contributed by atoms with Crippen molar-refractivity contribution in [3.8, 4) is 17.2 Å². The first-order valence-corrected chi connectivity index (χ1v) is 7.98. The number of ether oxygens (including phenoxy) is 4. The summed E-state index contributed by atoms with van der Waals surface area (Å²) in [6.45, 7) is 1.31.